The molecule has 5 aromatic rings. The predicted octanol–water partition coefficient (Wildman–Crippen LogP) is 7.09. The first-order valence-corrected chi connectivity index (χ1v) is 12.0. The van der Waals surface area contributed by atoms with E-state index in [0.29, 0.717) is 16.3 Å². The summed E-state index contributed by atoms with van der Waals surface area (Å²) < 4.78 is 55.7. The zero-order valence-electron chi connectivity index (χ0n) is 19.6. The van der Waals surface area contributed by atoms with Crippen molar-refractivity contribution in [3.8, 4) is 17.3 Å². The van der Waals surface area contributed by atoms with Crippen LogP contribution in [0.4, 0.5) is 13.2 Å². The first-order chi connectivity index (χ1) is 18.2. The van der Waals surface area contributed by atoms with Gasteiger partial charge in [-0.2, -0.15) is 18.2 Å². The number of aromatic nitrogens is 4. The molecule has 194 valence electrons. The summed E-state index contributed by atoms with van der Waals surface area (Å²) in [7, 11) is 0. The predicted molar refractivity (Wildman–Crippen MR) is 135 cm³/mol. The van der Waals surface area contributed by atoms with E-state index in [-0.39, 0.29) is 40.7 Å². The molecular formula is C26H17Cl2F3N4O3. The second-order valence-corrected chi connectivity index (χ2v) is 8.97. The van der Waals surface area contributed by atoms with Crippen LogP contribution in [0.5, 0.6) is 5.75 Å². The van der Waals surface area contributed by atoms with Gasteiger partial charge in [0.1, 0.15) is 17.1 Å². The third kappa shape index (κ3) is 4.84. The van der Waals surface area contributed by atoms with Crippen molar-refractivity contribution in [3.63, 3.8) is 0 Å². The Labute approximate surface area is 223 Å². The molecule has 0 aliphatic heterocycles. The van der Waals surface area contributed by atoms with Gasteiger partial charge in [0.2, 0.25) is 11.6 Å². The average Bonchev–Trinajstić information content (AvgIpc) is 3.49. The Kier molecular flexibility index (Phi) is 6.85. The van der Waals surface area contributed by atoms with Gasteiger partial charge in [-0.15, -0.1) is 0 Å². The third-order valence-electron chi connectivity index (χ3n) is 5.70. The Hall–Kier alpha value is -3.89. The van der Waals surface area contributed by atoms with Crippen molar-refractivity contribution in [3.05, 3.63) is 93.5 Å². The highest BCUT2D eigenvalue weighted by Crippen LogP contribution is 2.41. The zero-order valence-corrected chi connectivity index (χ0v) is 21.1. The lowest BCUT2D eigenvalue weighted by Crippen LogP contribution is -2.19. The summed E-state index contributed by atoms with van der Waals surface area (Å²) in [5.74, 6) is -1.41. The van der Waals surface area contributed by atoms with E-state index in [1.54, 1.807) is 25.1 Å². The van der Waals surface area contributed by atoms with Crippen LogP contribution in [0, 0.1) is 0 Å². The summed E-state index contributed by atoms with van der Waals surface area (Å²) in [5, 5.41) is 4.19. The van der Waals surface area contributed by atoms with Crippen LogP contribution in [0.3, 0.4) is 0 Å². The first-order valence-electron chi connectivity index (χ1n) is 11.3. The first kappa shape index (κ1) is 25.7. The van der Waals surface area contributed by atoms with Crippen molar-refractivity contribution in [1.82, 2.24) is 19.7 Å². The molecule has 7 nitrogen and oxygen atoms in total. The largest absolute Gasteiger partial charge is 0.494 e. The molecular weight excluding hydrogens is 544 g/mol. The number of ketones is 1. The Bertz CT molecular complexity index is 1650. The van der Waals surface area contributed by atoms with Gasteiger partial charge in [0, 0.05) is 33.7 Å². The number of pyridine rings is 1. The van der Waals surface area contributed by atoms with Crippen molar-refractivity contribution in [2.24, 2.45) is 0 Å². The Morgan fingerprint density at radius 1 is 1.11 bits per heavy atom. The van der Waals surface area contributed by atoms with Crippen molar-refractivity contribution < 1.29 is 27.2 Å². The smallest absolute Gasteiger partial charge is 0.432 e. The monoisotopic (exact) mass is 560 g/mol. The number of alkyl halides is 3. The summed E-state index contributed by atoms with van der Waals surface area (Å²) in [4.78, 5) is 21.7. The van der Waals surface area contributed by atoms with Crippen LogP contribution >= 0.6 is 23.2 Å². The van der Waals surface area contributed by atoms with Crippen LogP contribution in [0.1, 0.15) is 34.4 Å². The number of rotatable bonds is 7. The number of nitrogens with zero attached hydrogens (tertiary/aromatic N) is 4. The van der Waals surface area contributed by atoms with Gasteiger partial charge >= 0.3 is 6.18 Å². The highest BCUT2D eigenvalue weighted by molar-refractivity contribution is 6.35. The number of halogens is 5. The lowest BCUT2D eigenvalue weighted by Gasteiger charge is -2.15. The molecule has 3 heterocycles. The Balaban J connectivity index is 1.73. The minimum absolute atomic E-state index is 0.0162. The molecule has 0 aliphatic rings. The summed E-state index contributed by atoms with van der Waals surface area (Å²) in [6.45, 7) is 1.73. The van der Waals surface area contributed by atoms with Crippen LogP contribution in [-0.2, 0) is 12.7 Å². The van der Waals surface area contributed by atoms with E-state index in [9.17, 15) is 18.0 Å². The SMILES string of the molecule is CCOc1ccc2c(c1)c(C(=O)c1noc(-c3ccccn3)n1)c(C(F)(F)F)n2Cc1ccc(Cl)cc1Cl. The van der Waals surface area contributed by atoms with E-state index >= 15 is 0 Å². The quantitative estimate of drug-likeness (QED) is 0.197. The number of hydrogen-bond donors (Lipinski definition) is 0. The molecule has 0 unspecified atom stereocenters. The van der Waals surface area contributed by atoms with Crippen molar-refractivity contribution in [1.29, 1.82) is 0 Å². The maximum Gasteiger partial charge on any atom is 0.432 e. The number of benzene rings is 2. The van der Waals surface area contributed by atoms with Crippen molar-refractivity contribution in [2.75, 3.05) is 6.61 Å². The highest BCUT2D eigenvalue weighted by Gasteiger charge is 2.42. The maximum atomic E-state index is 14.7. The minimum atomic E-state index is -4.93. The van der Waals surface area contributed by atoms with Gasteiger partial charge in [-0.3, -0.25) is 9.78 Å². The summed E-state index contributed by atoms with van der Waals surface area (Å²) in [6, 6.07) is 13.8. The van der Waals surface area contributed by atoms with Gasteiger partial charge in [0.15, 0.2) is 0 Å². The van der Waals surface area contributed by atoms with Gasteiger partial charge < -0.3 is 13.8 Å². The van der Waals surface area contributed by atoms with Crippen LogP contribution in [0.2, 0.25) is 10.0 Å². The number of fused-ring (bicyclic) bond motifs is 1. The molecule has 0 atom stereocenters. The molecule has 0 amide bonds. The number of carbonyl (C=O) groups excluding carboxylic acids is 1. The molecule has 0 spiro atoms. The van der Waals surface area contributed by atoms with Crippen molar-refractivity contribution in [2.45, 2.75) is 19.6 Å². The summed E-state index contributed by atoms with van der Waals surface area (Å²) >= 11 is 12.3. The van der Waals surface area contributed by atoms with Crippen molar-refractivity contribution >= 4 is 39.9 Å². The van der Waals surface area contributed by atoms with Gasteiger partial charge in [-0.1, -0.05) is 40.5 Å². The standard InChI is InChI=1S/C26H17Cl2F3N4O3/c1-2-37-16-8-9-20-17(12-16)21(22(36)24-33-25(38-34-24)19-5-3-4-10-32-19)23(26(29,30)31)35(20)13-14-6-7-15(27)11-18(14)28/h3-12H,2,13H2,1H3. The zero-order chi connectivity index (χ0) is 27.0. The lowest BCUT2D eigenvalue weighted by atomic mass is 10.1. The highest BCUT2D eigenvalue weighted by atomic mass is 35.5. The molecule has 0 N–H and O–H groups in total. The molecule has 0 bridgehead atoms. The van der Waals surface area contributed by atoms with Gasteiger partial charge in [0.05, 0.1) is 12.2 Å². The molecule has 0 fully saturated rings. The maximum absolute atomic E-state index is 14.7. The molecule has 12 heteroatoms. The van der Waals surface area contributed by atoms with Crippen LogP contribution in [-0.4, -0.2) is 32.1 Å². The van der Waals surface area contributed by atoms with Gasteiger partial charge in [0.25, 0.3) is 5.89 Å². The number of carbonyl (C=O) groups is 1. The third-order valence-corrected chi connectivity index (χ3v) is 6.29. The van der Waals surface area contributed by atoms with Gasteiger partial charge in [-0.25, -0.2) is 0 Å². The Morgan fingerprint density at radius 2 is 1.92 bits per heavy atom. The van der Waals surface area contributed by atoms with E-state index < -0.39 is 29.0 Å². The van der Waals surface area contributed by atoms with E-state index in [2.05, 4.69) is 15.1 Å². The molecule has 2 aromatic carbocycles. The molecule has 0 saturated heterocycles. The number of hydrogen-bond acceptors (Lipinski definition) is 6. The fourth-order valence-electron chi connectivity index (χ4n) is 4.12. The molecule has 5 rings (SSSR count). The molecule has 38 heavy (non-hydrogen) atoms. The van der Waals surface area contributed by atoms with E-state index in [1.807, 2.05) is 0 Å². The molecule has 0 saturated carbocycles. The van der Waals surface area contributed by atoms with Crippen LogP contribution < -0.4 is 4.74 Å². The second-order valence-electron chi connectivity index (χ2n) is 8.12. The normalized spacial score (nSPS) is 11.7. The van der Waals surface area contributed by atoms with Crippen LogP contribution in [0.15, 0.2) is 65.3 Å². The van der Waals surface area contributed by atoms with E-state index in [0.717, 1.165) is 4.57 Å². The van der Waals surface area contributed by atoms with E-state index in [4.69, 9.17) is 32.5 Å². The fraction of sp³-hybridized carbons (Fsp3) is 0.154. The lowest BCUT2D eigenvalue weighted by molar-refractivity contribution is -0.143. The fourth-order valence-corrected chi connectivity index (χ4v) is 4.59. The molecule has 0 aliphatic carbocycles. The van der Waals surface area contributed by atoms with Crippen LogP contribution in [0.25, 0.3) is 22.5 Å². The minimum Gasteiger partial charge on any atom is -0.494 e. The average molecular weight is 561 g/mol. The second kappa shape index (κ2) is 10.1. The molecule has 3 aromatic heterocycles. The summed E-state index contributed by atoms with van der Waals surface area (Å²) in [6.07, 6.45) is -3.45. The molecule has 0 radical (unpaired) electrons. The summed E-state index contributed by atoms with van der Waals surface area (Å²) in [5.41, 5.74) is -1.02. The number of ether oxygens (including phenoxy) is 1. The Morgan fingerprint density at radius 3 is 2.61 bits per heavy atom. The van der Waals surface area contributed by atoms with Gasteiger partial charge in [-0.05, 0) is 55.0 Å². The topological polar surface area (TPSA) is 83.0 Å². The van der Waals surface area contributed by atoms with E-state index in [1.165, 1.54) is 42.6 Å².